The number of aromatic nitrogens is 6. The molecule has 168 valence electrons. The lowest BCUT2D eigenvalue weighted by Crippen LogP contribution is -2.05. The summed E-state index contributed by atoms with van der Waals surface area (Å²) in [5.41, 5.74) is 2.34. The van der Waals surface area contributed by atoms with Crippen LogP contribution < -0.4 is 4.74 Å². The van der Waals surface area contributed by atoms with Crippen molar-refractivity contribution >= 4 is 12.2 Å². The SMILES string of the molecule is COc1nc(C=Cc2nc3n(n2)CC[C@H]3c2ccc(F)c(F)c2F)ccc1-n1cnc(C)c1. The van der Waals surface area contributed by atoms with Crippen LogP contribution in [0.2, 0.25) is 0 Å². The summed E-state index contributed by atoms with van der Waals surface area (Å²) >= 11 is 0. The Morgan fingerprint density at radius 3 is 2.67 bits per heavy atom. The van der Waals surface area contributed by atoms with Crippen molar-refractivity contribution in [1.29, 1.82) is 0 Å². The lowest BCUT2D eigenvalue weighted by atomic mass is 9.96. The first-order valence-corrected chi connectivity index (χ1v) is 10.3. The van der Waals surface area contributed by atoms with Crippen molar-refractivity contribution in [3.63, 3.8) is 0 Å². The number of methoxy groups -OCH3 is 1. The number of fused-ring (bicyclic) bond motifs is 1. The zero-order valence-electron chi connectivity index (χ0n) is 17.8. The van der Waals surface area contributed by atoms with E-state index in [1.54, 1.807) is 30.3 Å². The minimum Gasteiger partial charge on any atom is -0.479 e. The van der Waals surface area contributed by atoms with E-state index < -0.39 is 23.4 Å². The van der Waals surface area contributed by atoms with Gasteiger partial charge in [-0.1, -0.05) is 6.07 Å². The number of ether oxygens (including phenoxy) is 1. The maximum atomic E-state index is 14.3. The number of hydrogen-bond acceptors (Lipinski definition) is 5. The molecular weight excluding hydrogens is 433 g/mol. The molecule has 1 aliphatic heterocycles. The van der Waals surface area contributed by atoms with Crippen LogP contribution in [0.15, 0.2) is 36.8 Å². The van der Waals surface area contributed by atoms with Gasteiger partial charge in [0, 0.05) is 24.2 Å². The third-order valence-corrected chi connectivity index (χ3v) is 5.55. The summed E-state index contributed by atoms with van der Waals surface area (Å²) in [5, 5.41) is 4.42. The largest absolute Gasteiger partial charge is 0.479 e. The first kappa shape index (κ1) is 20.9. The Morgan fingerprint density at radius 2 is 1.91 bits per heavy atom. The summed E-state index contributed by atoms with van der Waals surface area (Å²) in [6.45, 7) is 2.40. The number of hydrogen-bond donors (Lipinski definition) is 0. The third kappa shape index (κ3) is 3.77. The highest BCUT2D eigenvalue weighted by atomic mass is 19.2. The van der Waals surface area contributed by atoms with Crippen LogP contribution in [0.3, 0.4) is 0 Å². The molecule has 7 nitrogen and oxygen atoms in total. The van der Waals surface area contributed by atoms with Crippen LogP contribution in [0.1, 0.15) is 40.9 Å². The second kappa shape index (κ2) is 8.19. The summed E-state index contributed by atoms with van der Waals surface area (Å²) in [6.07, 6.45) is 7.50. The van der Waals surface area contributed by atoms with Crippen molar-refractivity contribution in [3.05, 3.63) is 82.8 Å². The van der Waals surface area contributed by atoms with Crippen molar-refractivity contribution in [2.24, 2.45) is 0 Å². The second-order valence-electron chi connectivity index (χ2n) is 7.68. The first-order chi connectivity index (χ1) is 15.9. The number of halogens is 3. The fourth-order valence-electron chi connectivity index (χ4n) is 3.95. The van der Waals surface area contributed by atoms with E-state index in [1.807, 2.05) is 29.8 Å². The predicted octanol–water partition coefficient (Wildman–Crippen LogP) is 4.30. The van der Waals surface area contributed by atoms with Gasteiger partial charge in [0.1, 0.15) is 11.5 Å². The maximum absolute atomic E-state index is 14.3. The maximum Gasteiger partial charge on any atom is 0.238 e. The van der Waals surface area contributed by atoms with E-state index in [-0.39, 0.29) is 5.56 Å². The summed E-state index contributed by atoms with van der Waals surface area (Å²) in [7, 11) is 1.54. The number of imidazole rings is 1. The van der Waals surface area contributed by atoms with Crippen LogP contribution in [-0.4, -0.2) is 36.4 Å². The lowest BCUT2D eigenvalue weighted by molar-refractivity contribution is 0.395. The molecule has 0 N–H and O–H groups in total. The van der Waals surface area contributed by atoms with E-state index in [9.17, 15) is 13.2 Å². The normalized spacial score (nSPS) is 15.4. The Labute approximate surface area is 187 Å². The fourth-order valence-corrected chi connectivity index (χ4v) is 3.95. The van der Waals surface area contributed by atoms with E-state index >= 15 is 0 Å². The molecule has 3 aromatic heterocycles. The quantitative estimate of drug-likeness (QED) is 0.423. The molecule has 4 heterocycles. The average Bonchev–Trinajstić information content (AvgIpc) is 3.52. The van der Waals surface area contributed by atoms with Crippen LogP contribution >= 0.6 is 0 Å². The molecule has 0 bridgehead atoms. The van der Waals surface area contributed by atoms with Crippen molar-refractivity contribution in [1.82, 2.24) is 29.3 Å². The molecular formula is C23H19F3N6O. The van der Waals surface area contributed by atoms with Crippen LogP contribution in [-0.2, 0) is 6.54 Å². The Balaban J connectivity index is 1.40. The highest BCUT2D eigenvalue weighted by Crippen LogP contribution is 2.35. The zero-order valence-corrected chi connectivity index (χ0v) is 17.8. The van der Waals surface area contributed by atoms with Crippen molar-refractivity contribution in [2.45, 2.75) is 25.8 Å². The lowest BCUT2D eigenvalue weighted by Gasteiger charge is -2.10. The summed E-state index contributed by atoms with van der Waals surface area (Å²) in [6, 6.07) is 5.89. The van der Waals surface area contributed by atoms with Gasteiger partial charge >= 0.3 is 0 Å². The highest BCUT2D eigenvalue weighted by molar-refractivity contribution is 5.65. The Bertz CT molecular complexity index is 1380. The molecule has 0 spiro atoms. The van der Waals surface area contributed by atoms with Crippen molar-refractivity contribution < 1.29 is 17.9 Å². The Morgan fingerprint density at radius 1 is 1.06 bits per heavy atom. The van der Waals surface area contributed by atoms with E-state index in [1.165, 1.54) is 6.07 Å². The van der Waals surface area contributed by atoms with Gasteiger partial charge in [0.2, 0.25) is 5.88 Å². The molecule has 0 fully saturated rings. The van der Waals surface area contributed by atoms with Gasteiger partial charge in [0.15, 0.2) is 23.3 Å². The standard InChI is InChI=1S/C23H19F3N6O/c1-13-11-31(12-27-13)18-7-3-14(28-23(18)33-2)4-8-19-29-22-16(9-10-32(22)30-19)15-5-6-17(24)21(26)20(15)25/h3-8,11-12,16H,9-10H2,1-2H3/t16-/m0/s1. The summed E-state index contributed by atoms with van der Waals surface area (Å²) in [5.74, 6) is -3.01. The second-order valence-corrected chi connectivity index (χ2v) is 7.68. The van der Waals surface area contributed by atoms with E-state index in [0.717, 1.165) is 17.4 Å². The molecule has 1 atom stereocenters. The molecule has 0 saturated carbocycles. The number of nitrogens with zero attached hydrogens (tertiary/aromatic N) is 6. The molecule has 0 aliphatic carbocycles. The molecule has 1 aliphatic rings. The highest BCUT2D eigenvalue weighted by Gasteiger charge is 2.31. The first-order valence-electron chi connectivity index (χ1n) is 10.3. The van der Waals surface area contributed by atoms with Gasteiger partial charge in [-0.3, -0.25) is 0 Å². The van der Waals surface area contributed by atoms with Gasteiger partial charge in [-0.25, -0.2) is 32.8 Å². The van der Waals surface area contributed by atoms with Gasteiger partial charge in [-0.05, 0) is 43.7 Å². The molecule has 4 aromatic rings. The molecule has 33 heavy (non-hydrogen) atoms. The monoisotopic (exact) mass is 452 g/mol. The fraction of sp³-hybridized carbons (Fsp3) is 0.217. The van der Waals surface area contributed by atoms with Gasteiger partial charge in [-0.15, -0.1) is 0 Å². The third-order valence-electron chi connectivity index (χ3n) is 5.55. The van der Waals surface area contributed by atoms with Gasteiger partial charge < -0.3 is 9.30 Å². The molecule has 1 aromatic carbocycles. The number of rotatable bonds is 5. The number of pyridine rings is 1. The van der Waals surface area contributed by atoms with E-state index in [4.69, 9.17) is 4.74 Å². The minimum atomic E-state index is -1.47. The smallest absolute Gasteiger partial charge is 0.238 e. The van der Waals surface area contributed by atoms with Crippen LogP contribution in [0.25, 0.3) is 17.8 Å². The number of benzene rings is 1. The summed E-state index contributed by atoms with van der Waals surface area (Å²) < 4.78 is 50.2. The molecule has 0 radical (unpaired) electrons. The van der Waals surface area contributed by atoms with Crippen LogP contribution in [0.5, 0.6) is 5.88 Å². The Hall–Kier alpha value is -3.95. The van der Waals surface area contributed by atoms with Crippen LogP contribution in [0.4, 0.5) is 13.2 Å². The average molecular weight is 452 g/mol. The Kier molecular flexibility index (Phi) is 5.20. The summed E-state index contributed by atoms with van der Waals surface area (Å²) in [4.78, 5) is 13.2. The van der Waals surface area contributed by atoms with Gasteiger partial charge in [0.25, 0.3) is 0 Å². The minimum absolute atomic E-state index is 0.0762. The zero-order chi connectivity index (χ0) is 23.1. The van der Waals surface area contributed by atoms with E-state index in [2.05, 4.69) is 20.1 Å². The molecule has 5 rings (SSSR count). The number of aryl methyl sites for hydroxylation is 2. The van der Waals surface area contributed by atoms with Crippen molar-refractivity contribution in [3.8, 4) is 11.6 Å². The van der Waals surface area contributed by atoms with Crippen molar-refractivity contribution in [2.75, 3.05) is 7.11 Å². The van der Waals surface area contributed by atoms with E-state index in [0.29, 0.717) is 36.2 Å². The molecule has 0 unspecified atom stereocenters. The molecule has 0 amide bonds. The predicted molar refractivity (Wildman–Crippen MR) is 114 cm³/mol. The topological polar surface area (TPSA) is 70.7 Å². The molecule has 0 saturated heterocycles. The van der Waals surface area contributed by atoms with Gasteiger partial charge in [0.05, 0.1) is 24.8 Å². The van der Waals surface area contributed by atoms with Gasteiger partial charge in [-0.2, -0.15) is 5.10 Å². The van der Waals surface area contributed by atoms with Crippen LogP contribution in [0, 0.1) is 24.4 Å². The molecule has 10 heteroatoms.